The fourth-order valence-electron chi connectivity index (χ4n) is 2.42. The van der Waals surface area contributed by atoms with Crippen molar-refractivity contribution in [2.45, 2.75) is 12.5 Å². The molecule has 126 valence electrons. The molecule has 1 atom stereocenters. The van der Waals surface area contributed by atoms with E-state index in [1.54, 1.807) is 30.5 Å². The van der Waals surface area contributed by atoms with Crippen LogP contribution in [-0.4, -0.2) is 37.0 Å². The van der Waals surface area contributed by atoms with Gasteiger partial charge in [0.05, 0.1) is 11.5 Å². The van der Waals surface area contributed by atoms with Gasteiger partial charge in [-0.25, -0.2) is 18.2 Å². The number of nitrogens with one attached hydrogen (secondary N) is 2. The lowest BCUT2D eigenvalue weighted by molar-refractivity contribution is 0.249. The number of carbonyl (C=O) groups excluding carboxylic acids is 1. The SMILES string of the molecule is O=C(Nc1cccnc1Oc1ccccc1)N[C@H]1CCS(=O)(=O)C1. The van der Waals surface area contributed by atoms with E-state index in [9.17, 15) is 13.2 Å². The molecule has 2 aromatic rings. The summed E-state index contributed by atoms with van der Waals surface area (Å²) < 4.78 is 28.5. The van der Waals surface area contributed by atoms with E-state index < -0.39 is 15.9 Å². The molecule has 7 nitrogen and oxygen atoms in total. The second-order valence-corrected chi connectivity index (χ2v) is 7.70. The van der Waals surface area contributed by atoms with Crippen LogP contribution in [0.15, 0.2) is 48.7 Å². The fraction of sp³-hybridized carbons (Fsp3) is 0.250. The molecule has 0 radical (unpaired) electrons. The number of pyridine rings is 1. The van der Waals surface area contributed by atoms with Gasteiger partial charge in [-0.3, -0.25) is 0 Å². The molecule has 0 saturated carbocycles. The maximum atomic E-state index is 12.1. The summed E-state index contributed by atoms with van der Waals surface area (Å²) in [6.45, 7) is 0. The lowest BCUT2D eigenvalue weighted by Gasteiger charge is -2.14. The monoisotopic (exact) mass is 347 g/mol. The number of rotatable bonds is 4. The van der Waals surface area contributed by atoms with E-state index in [1.807, 2.05) is 18.2 Å². The van der Waals surface area contributed by atoms with Gasteiger partial charge in [-0.15, -0.1) is 0 Å². The van der Waals surface area contributed by atoms with Gasteiger partial charge in [0.25, 0.3) is 0 Å². The van der Waals surface area contributed by atoms with Crippen LogP contribution in [0.2, 0.25) is 0 Å². The zero-order chi connectivity index (χ0) is 17.0. The number of amides is 2. The Morgan fingerprint density at radius 1 is 1.17 bits per heavy atom. The molecule has 1 aliphatic heterocycles. The summed E-state index contributed by atoms with van der Waals surface area (Å²) in [5.41, 5.74) is 0.403. The topological polar surface area (TPSA) is 97.4 Å². The first-order chi connectivity index (χ1) is 11.5. The van der Waals surface area contributed by atoms with Gasteiger partial charge in [-0.1, -0.05) is 18.2 Å². The van der Waals surface area contributed by atoms with E-state index in [0.717, 1.165) is 0 Å². The predicted molar refractivity (Wildman–Crippen MR) is 90.0 cm³/mol. The number of hydrogen-bond donors (Lipinski definition) is 2. The third-order valence-electron chi connectivity index (χ3n) is 3.54. The van der Waals surface area contributed by atoms with Crippen LogP contribution in [0.3, 0.4) is 0 Å². The number of sulfone groups is 1. The zero-order valence-electron chi connectivity index (χ0n) is 12.8. The van der Waals surface area contributed by atoms with Gasteiger partial charge >= 0.3 is 6.03 Å². The van der Waals surface area contributed by atoms with Crippen molar-refractivity contribution in [1.82, 2.24) is 10.3 Å². The van der Waals surface area contributed by atoms with Crippen molar-refractivity contribution < 1.29 is 17.9 Å². The Morgan fingerprint density at radius 3 is 2.67 bits per heavy atom. The number of hydrogen-bond acceptors (Lipinski definition) is 5. The molecule has 0 bridgehead atoms. The molecule has 2 heterocycles. The smallest absolute Gasteiger partial charge is 0.319 e. The Labute approximate surface area is 140 Å². The van der Waals surface area contributed by atoms with Crippen LogP contribution in [0.1, 0.15) is 6.42 Å². The number of benzene rings is 1. The van der Waals surface area contributed by atoms with Crippen molar-refractivity contribution in [2.75, 3.05) is 16.8 Å². The molecule has 8 heteroatoms. The third-order valence-corrected chi connectivity index (χ3v) is 5.31. The molecular formula is C16H17N3O4S. The van der Waals surface area contributed by atoms with Crippen LogP contribution in [-0.2, 0) is 9.84 Å². The number of carbonyl (C=O) groups is 1. The summed E-state index contributed by atoms with van der Waals surface area (Å²) in [4.78, 5) is 16.2. The molecule has 1 aromatic heterocycles. The highest BCUT2D eigenvalue weighted by molar-refractivity contribution is 7.91. The van der Waals surface area contributed by atoms with Crippen molar-refractivity contribution in [3.8, 4) is 11.6 Å². The summed E-state index contributed by atoms with van der Waals surface area (Å²) in [6.07, 6.45) is 1.99. The molecule has 0 spiro atoms. The molecule has 0 unspecified atom stereocenters. The average molecular weight is 347 g/mol. The van der Waals surface area contributed by atoms with Crippen LogP contribution in [0.4, 0.5) is 10.5 Å². The minimum atomic E-state index is -3.04. The fourth-order valence-corrected chi connectivity index (χ4v) is 4.09. The molecule has 1 aromatic carbocycles. The maximum absolute atomic E-state index is 12.1. The highest BCUT2D eigenvalue weighted by atomic mass is 32.2. The number of urea groups is 1. The van der Waals surface area contributed by atoms with E-state index >= 15 is 0 Å². The van der Waals surface area contributed by atoms with E-state index in [0.29, 0.717) is 17.9 Å². The largest absolute Gasteiger partial charge is 0.437 e. The first-order valence-electron chi connectivity index (χ1n) is 7.48. The number of nitrogens with zero attached hydrogens (tertiary/aromatic N) is 1. The number of ether oxygens (including phenoxy) is 1. The first-order valence-corrected chi connectivity index (χ1v) is 9.30. The average Bonchev–Trinajstić information content (AvgIpc) is 2.89. The molecule has 3 rings (SSSR count). The summed E-state index contributed by atoms with van der Waals surface area (Å²) >= 11 is 0. The minimum Gasteiger partial charge on any atom is -0.437 e. The van der Waals surface area contributed by atoms with Gasteiger partial charge in [0.1, 0.15) is 11.4 Å². The van der Waals surface area contributed by atoms with Crippen LogP contribution < -0.4 is 15.4 Å². The normalized spacial score (nSPS) is 18.8. The second kappa shape index (κ2) is 6.88. The van der Waals surface area contributed by atoms with Gasteiger partial charge in [0.15, 0.2) is 9.84 Å². The Balaban J connectivity index is 1.66. The van der Waals surface area contributed by atoms with Crippen LogP contribution in [0.5, 0.6) is 11.6 Å². The summed E-state index contributed by atoms with van der Waals surface area (Å²) in [7, 11) is -3.04. The van der Waals surface area contributed by atoms with Gasteiger partial charge in [-0.05, 0) is 30.7 Å². The lowest BCUT2D eigenvalue weighted by Crippen LogP contribution is -2.38. The van der Waals surface area contributed by atoms with Gasteiger partial charge in [0.2, 0.25) is 5.88 Å². The molecule has 1 saturated heterocycles. The Morgan fingerprint density at radius 2 is 1.96 bits per heavy atom. The highest BCUT2D eigenvalue weighted by Gasteiger charge is 2.29. The standard InChI is InChI=1S/C16H17N3O4S/c20-16(18-12-8-10-24(21,22)11-12)19-14-7-4-9-17-15(14)23-13-5-2-1-3-6-13/h1-7,9,12H,8,10-11H2,(H2,18,19,20)/t12-/m0/s1. The predicted octanol–water partition coefficient (Wildman–Crippen LogP) is 2.18. The summed E-state index contributed by atoms with van der Waals surface area (Å²) in [6, 6.07) is 11.6. The summed E-state index contributed by atoms with van der Waals surface area (Å²) in [5, 5.41) is 5.31. The zero-order valence-corrected chi connectivity index (χ0v) is 13.6. The van der Waals surface area contributed by atoms with E-state index in [-0.39, 0.29) is 23.4 Å². The Hall–Kier alpha value is -2.61. The van der Waals surface area contributed by atoms with E-state index in [1.165, 1.54) is 0 Å². The van der Waals surface area contributed by atoms with Crippen LogP contribution in [0, 0.1) is 0 Å². The van der Waals surface area contributed by atoms with E-state index in [4.69, 9.17) is 4.74 Å². The number of para-hydroxylation sites is 1. The van der Waals surface area contributed by atoms with Gasteiger partial charge < -0.3 is 15.4 Å². The highest BCUT2D eigenvalue weighted by Crippen LogP contribution is 2.26. The number of anilines is 1. The molecule has 1 fully saturated rings. The molecule has 2 N–H and O–H groups in total. The molecule has 24 heavy (non-hydrogen) atoms. The molecule has 0 aliphatic carbocycles. The van der Waals surface area contributed by atoms with Crippen molar-refractivity contribution >= 4 is 21.6 Å². The van der Waals surface area contributed by atoms with E-state index in [2.05, 4.69) is 15.6 Å². The second-order valence-electron chi connectivity index (χ2n) is 5.47. The molecule has 2 amide bonds. The first kappa shape index (κ1) is 16.3. The van der Waals surface area contributed by atoms with Gasteiger partial charge in [0, 0.05) is 12.2 Å². The van der Waals surface area contributed by atoms with Crippen LogP contribution >= 0.6 is 0 Å². The maximum Gasteiger partial charge on any atom is 0.319 e. The van der Waals surface area contributed by atoms with Crippen molar-refractivity contribution in [2.24, 2.45) is 0 Å². The lowest BCUT2D eigenvalue weighted by atomic mass is 10.3. The third kappa shape index (κ3) is 4.23. The summed E-state index contributed by atoms with van der Waals surface area (Å²) in [5.74, 6) is 0.938. The van der Waals surface area contributed by atoms with Gasteiger partial charge in [-0.2, -0.15) is 0 Å². The Bertz CT molecular complexity index is 824. The minimum absolute atomic E-state index is 0.0270. The van der Waals surface area contributed by atoms with Crippen molar-refractivity contribution in [3.63, 3.8) is 0 Å². The van der Waals surface area contributed by atoms with Crippen LogP contribution in [0.25, 0.3) is 0 Å². The van der Waals surface area contributed by atoms with Crippen molar-refractivity contribution in [1.29, 1.82) is 0 Å². The Kier molecular flexibility index (Phi) is 4.66. The van der Waals surface area contributed by atoms with Crippen molar-refractivity contribution in [3.05, 3.63) is 48.7 Å². The quantitative estimate of drug-likeness (QED) is 0.883. The molecular weight excluding hydrogens is 330 g/mol. The molecule has 1 aliphatic rings. The number of aromatic nitrogens is 1.